The van der Waals surface area contributed by atoms with E-state index >= 15 is 0 Å². The standard InChI is InChI=1S/C37H52N2O9S/c1-4-33(41)45-17-9-8-16-37(2,3)24-39(49(43,44)29-14-12-28(38)13-15-29)21-32(40)26(18-25-10-6-5-7-11-25)20-34(42)48-35-27-19-30-31(35)23-47-36(30)46-22-27/h5-7,10-15,26-27,30-32,35-36,40H,4,8-9,16-24,38H2,1-3H3/t26-,27-,30?,31?,32-,35?,36?/m1/s1. The molecule has 7 atom stereocenters. The number of rotatable bonds is 18. The Bertz CT molecular complexity index is 1500. The molecule has 0 spiro atoms. The second-order valence-corrected chi connectivity index (χ2v) is 16.5. The number of nitrogen functional groups attached to an aromatic ring is 1. The van der Waals surface area contributed by atoms with Crippen LogP contribution in [0, 0.1) is 29.1 Å². The van der Waals surface area contributed by atoms with Crippen molar-refractivity contribution in [2.24, 2.45) is 29.1 Å². The van der Waals surface area contributed by atoms with Crippen LogP contribution >= 0.6 is 0 Å². The van der Waals surface area contributed by atoms with E-state index in [0.29, 0.717) is 51.2 Å². The van der Waals surface area contributed by atoms with Crippen molar-refractivity contribution >= 4 is 27.6 Å². The number of carbonyl (C=O) groups excluding carboxylic acids is 2. The van der Waals surface area contributed by atoms with Crippen molar-refractivity contribution in [1.82, 2.24) is 4.31 Å². The number of aliphatic hydroxyl groups excluding tert-OH is 1. The zero-order valence-corrected chi connectivity index (χ0v) is 29.7. The van der Waals surface area contributed by atoms with Crippen molar-refractivity contribution in [3.63, 3.8) is 0 Å². The predicted octanol–water partition coefficient (Wildman–Crippen LogP) is 4.57. The van der Waals surface area contributed by atoms with E-state index in [4.69, 9.17) is 24.7 Å². The van der Waals surface area contributed by atoms with Gasteiger partial charge in [-0.15, -0.1) is 0 Å². The summed E-state index contributed by atoms with van der Waals surface area (Å²) in [6, 6.07) is 15.6. The summed E-state index contributed by atoms with van der Waals surface area (Å²) in [5.41, 5.74) is 6.75. The molecule has 3 aliphatic rings. The molecule has 2 aromatic carbocycles. The molecule has 2 aromatic rings. The Hall–Kier alpha value is -3.03. The van der Waals surface area contributed by atoms with Crippen LogP contribution in [0.3, 0.4) is 0 Å². The highest BCUT2D eigenvalue weighted by Crippen LogP contribution is 2.49. The fraction of sp³-hybridized carbons (Fsp3) is 0.622. The van der Waals surface area contributed by atoms with Crippen LogP contribution in [0.2, 0.25) is 0 Å². The van der Waals surface area contributed by atoms with E-state index in [2.05, 4.69) is 0 Å². The first-order valence-electron chi connectivity index (χ1n) is 17.5. The van der Waals surface area contributed by atoms with Crippen LogP contribution in [0.25, 0.3) is 0 Å². The fourth-order valence-electron chi connectivity index (χ4n) is 7.47. The number of hydrogen-bond donors (Lipinski definition) is 2. The molecule has 11 nitrogen and oxygen atoms in total. The van der Waals surface area contributed by atoms with Gasteiger partial charge in [-0.2, -0.15) is 4.31 Å². The molecule has 270 valence electrons. The maximum atomic E-state index is 14.2. The molecular formula is C37H52N2O9S. The molecule has 2 heterocycles. The molecule has 1 saturated carbocycles. The highest BCUT2D eigenvalue weighted by molar-refractivity contribution is 7.89. The molecule has 3 N–H and O–H groups in total. The first-order valence-corrected chi connectivity index (χ1v) is 19.0. The number of hydrogen-bond acceptors (Lipinski definition) is 10. The summed E-state index contributed by atoms with van der Waals surface area (Å²) in [6.45, 7) is 6.94. The van der Waals surface area contributed by atoms with Gasteiger partial charge in [0.05, 0.1) is 37.2 Å². The van der Waals surface area contributed by atoms with Gasteiger partial charge in [-0.25, -0.2) is 8.42 Å². The van der Waals surface area contributed by atoms with Crippen LogP contribution in [0.1, 0.15) is 64.9 Å². The first-order chi connectivity index (χ1) is 23.4. The molecule has 49 heavy (non-hydrogen) atoms. The number of ether oxygens (including phenoxy) is 4. The molecular weight excluding hydrogens is 648 g/mol. The average Bonchev–Trinajstić information content (AvgIpc) is 3.60. The zero-order valence-electron chi connectivity index (χ0n) is 28.9. The molecule has 0 radical (unpaired) electrons. The quantitative estimate of drug-likeness (QED) is 0.128. The molecule has 2 saturated heterocycles. The largest absolute Gasteiger partial charge is 0.466 e. The number of nitrogens with zero attached hydrogens (tertiary/aromatic N) is 1. The summed E-state index contributed by atoms with van der Waals surface area (Å²) in [5.74, 6) is -0.829. The van der Waals surface area contributed by atoms with Crippen molar-refractivity contribution in [2.45, 2.75) is 89.1 Å². The minimum absolute atomic E-state index is 0.0712. The lowest BCUT2D eigenvalue weighted by Crippen LogP contribution is -2.45. The Morgan fingerprint density at radius 2 is 1.73 bits per heavy atom. The maximum Gasteiger partial charge on any atom is 0.306 e. The number of fused-ring (bicyclic) bond motifs is 1. The second-order valence-electron chi connectivity index (χ2n) is 14.6. The minimum Gasteiger partial charge on any atom is -0.466 e. The summed E-state index contributed by atoms with van der Waals surface area (Å²) >= 11 is 0. The Kier molecular flexibility index (Phi) is 12.4. The van der Waals surface area contributed by atoms with Gasteiger partial charge in [-0.3, -0.25) is 9.59 Å². The SMILES string of the molecule is CCC(=O)OCCCCC(C)(C)CN(C[C@@H](O)[C@@H](CC(=O)OC1C2COC3OC[C@H]1CC32)Cc1ccccc1)S(=O)(=O)c1ccc(N)cc1. The van der Waals surface area contributed by atoms with Gasteiger partial charge in [0.25, 0.3) is 0 Å². The van der Waals surface area contributed by atoms with E-state index in [-0.39, 0.29) is 60.5 Å². The summed E-state index contributed by atoms with van der Waals surface area (Å²) in [4.78, 5) is 25.2. The number of nitrogens with two attached hydrogens (primary N) is 1. The highest BCUT2D eigenvalue weighted by atomic mass is 32.2. The number of sulfonamides is 1. The van der Waals surface area contributed by atoms with Gasteiger partial charge in [0.15, 0.2) is 6.29 Å². The van der Waals surface area contributed by atoms with Gasteiger partial charge in [0.2, 0.25) is 10.0 Å². The third-order valence-electron chi connectivity index (χ3n) is 10.2. The molecule has 5 rings (SSSR count). The van der Waals surface area contributed by atoms with Gasteiger partial charge in [-0.1, -0.05) is 51.1 Å². The Morgan fingerprint density at radius 1 is 1.02 bits per heavy atom. The van der Waals surface area contributed by atoms with Crippen molar-refractivity contribution in [2.75, 3.05) is 38.6 Å². The van der Waals surface area contributed by atoms with E-state index in [1.807, 2.05) is 44.2 Å². The Balaban J connectivity index is 1.32. The van der Waals surface area contributed by atoms with Crippen molar-refractivity contribution in [1.29, 1.82) is 0 Å². The Labute approximate surface area is 290 Å². The molecule has 2 aliphatic heterocycles. The van der Waals surface area contributed by atoms with Gasteiger partial charge in [0.1, 0.15) is 6.10 Å². The second kappa shape index (κ2) is 16.3. The molecule has 1 aliphatic carbocycles. The van der Waals surface area contributed by atoms with Crippen LogP contribution in [0.4, 0.5) is 5.69 Å². The van der Waals surface area contributed by atoms with Crippen LogP contribution in [-0.2, 0) is 45.0 Å². The van der Waals surface area contributed by atoms with Crippen LogP contribution in [0.5, 0.6) is 0 Å². The summed E-state index contributed by atoms with van der Waals surface area (Å²) in [5, 5.41) is 11.9. The van der Waals surface area contributed by atoms with Crippen LogP contribution in [0.15, 0.2) is 59.5 Å². The normalized spacial score (nSPS) is 24.5. The summed E-state index contributed by atoms with van der Waals surface area (Å²) in [6.07, 6.45) is 1.87. The smallest absolute Gasteiger partial charge is 0.306 e. The molecule has 4 unspecified atom stereocenters. The van der Waals surface area contributed by atoms with Crippen molar-refractivity contribution in [3.8, 4) is 0 Å². The third-order valence-corrected chi connectivity index (χ3v) is 12.0. The Morgan fingerprint density at radius 3 is 2.45 bits per heavy atom. The van der Waals surface area contributed by atoms with Gasteiger partial charge in [0, 0.05) is 48.9 Å². The molecule has 12 heteroatoms. The molecule has 3 fully saturated rings. The van der Waals surface area contributed by atoms with E-state index in [9.17, 15) is 23.1 Å². The van der Waals surface area contributed by atoms with Crippen LogP contribution < -0.4 is 5.73 Å². The summed E-state index contributed by atoms with van der Waals surface area (Å²) < 4.78 is 52.6. The van der Waals surface area contributed by atoms with Crippen molar-refractivity contribution in [3.05, 3.63) is 60.2 Å². The topological polar surface area (TPSA) is 155 Å². The molecule has 2 bridgehead atoms. The first kappa shape index (κ1) is 37.2. The van der Waals surface area contributed by atoms with E-state index in [0.717, 1.165) is 18.4 Å². The lowest BCUT2D eigenvalue weighted by Gasteiger charge is -2.35. The minimum atomic E-state index is -4.06. The van der Waals surface area contributed by atoms with E-state index in [1.165, 1.54) is 16.4 Å². The number of carbonyl (C=O) groups is 2. The number of aliphatic hydroxyl groups is 1. The van der Waals surface area contributed by atoms with E-state index in [1.54, 1.807) is 19.1 Å². The average molecular weight is 701 g/mol. The molecule has 0 amide bonds. The van der Waals surface area contributed by atoms with Crippen LogP contribution in [-0.4, -0.2) is 81.2 Å². The van der Waals surface area contributed by atoms with Gasteiger partial charge in [-0.05, 0) is 67.3 Å². The highest BCUT2D eigenvalue weighted by Gasteiger charge is 2.56. The lowest BCUT2D eigenvalue weighted by atomic mass is 9.86. The lowest BCUT2D eigenvalue weighted by molar-refractivity contribution is -0.178. The maximum absolute atomic E-state index is 14.2. The zero-order chi connectivity index (χ0) is 35.2. The van der Waals surface area contributed by atoms with Gasteiger partial charge < -0.3 is 29.8 Å². The van der Waals surface area contributed by atoms with E-state index < -0.39 is 33.4 Å². The predicted molar refractivity (Wildman–Crippen MR) is 183 cm³/mol. The third kappa shape index (κ3) is 9.61. The summed E-state index contributed by atoms with van der Waals surface area (Å²) in [7, 11) is -4.06. The number of unbranched alkanes of at least 4 members (excludes halogenated alkanes) is 1. The molecule has 0 aromatic heterocycles. The number of esters is 2. The number of benzene rings is 2. The monoisotopic (exact) mass is 700 g/mol. The number of anilines is 1. The fourth-order valence-corrected chi connectivity index (χ4v) is 9.12. The van der Waals surface area contributed by atoms with Crippen molar-refractivity contribution < 1.29 is 42.1 Å². The van der Waals surface area contributed by atoms with Gasteiger partial charge >= 0.3 is 11.9 Å².